The number of aryl methyl sites for hydroxylation is 1. The van der Waals surface area contributed by atoms with E-state index in [1.807, 2.05) is 17.0 Å². The smallest absolute Gasteiger partial charge is 0.258 e. The second-order valence-corrected chi connectivity index (χ2v) is 7.55. The Morgan fingerprint density at radius 3 is 2.71 bits per heavy atom. The fourth-order valence-electron chi connectivity index (χ4n) is 4.20. The highest BCUT2D eigenvalue weighted by Crippen LogP contribution is 2.43. The summed E-state index contributed by atoms with van der Waals surface area (Å²) in [5, 5.41) is 0.657. The van der Waals surface area contributed by atoms with Crippen molar-refractivity contribution < 1.29 is 9.69 Å². The zero-order valence-electron chi connectivity index (χ0n) is 14.1. The summed E-state index contributed by atoms with van der Waals surface area (Å²) in [4.78, 5) is 16.8. The largest absolute Gasteiger partial charge is 0.337 e. The van der Waals surface area contributed by atoms with Crippen molar-refractivity contribution in [1.82, 2.24) is 0 Å². The van der Waals surface area contributed by atoms with Crippen LogP contribution in [0, 0.1) is 6.92 Å². The van der Waals surface area contributed by atoms with E-state index in [1.54, 1.807) is 17.0 Å². The third kappa shape index (κ3) is 2.52. The zero-order chi connectivity index (χ0) is 16.8. The van der Waals surface area contributed by atoms with Gasteiger partial charge in [0.25, 0.3) is 5.91 Å². The quantitative estimate of drug-likeness (QED) is 0.847. The molecule has 0 bridgehead atoms. The molecule has 2 aromatic carbocycles. The van der Waals surface area contributed by atoms with E-state index in [4.69, 9.17) is 11.6 Å². The second kappa shape index (κ2) is 5.91. The maximum absolute atomic E-state index is 13.2. The van der Waals surface area contributed by atoms with Crippen molar-refractivity contribution in [3.8, 4) is 0 Å². The summed E-state index contributed by atoms with van der Waals surface area (Å²) in [5.74, 6) is 0.522. The number of nitrogens with zero attached hydrogens (tertiary/aromatic N) is 1. The first-order chi connectivity index (χ1) is 11.5. The van der Waals surface area contributed by atoms with Gasteiger partial charge in [-0.25, -0.2) is 0 Å². The summed E-state index contributed by atoms with van der Waals surface area (Å²) in [6, 6.07) is 14.0. The van der Waals surface area contributed by atoms with E-state index in [1.165, 1.54) is 11.1 Å². The lowest BCUT2D eigenvalue weighted by atomic mass is 9.88. The van der Waals surface area contributed by atoms with E-state index in [9.17, 15) is 4.79 Å². The Hall–Kier alpha value is -1.84. The molecule has 0 spiro atoms. The minimum absolute atomic E-state index is 0.0869. The predicted octanol–water partition coefficient (Wildman–Crippen LogP) is 2.68. The number of nitrogens with one attached hydrogen (secondary N) is 1. The third-order valence-electron chi connectivity index (χ3n) is 5.38. The molecule has 2 aliphatic heterocycles. The topological polar surface area (TPSA) is 24.8 Å². The fraction of sp³-hybridized carbons (Fsp3) is 0.350. The van der Waals surface area contributed by atoms with Gasteiger partial charge in [0.15, 0.2) is 0 Å². The van der Waals surface area contributed by atoms with Crippen LogP contribution in [0.2, 0.25) is 5.02 Å². The first-order valence-electron chi connectivity index (χ1n) is 8.55. The first kappa shape index (κ1) is 15.7. The minimum Gasteiger partial charge on any atom is -0.337 e. The van der Waals surface area contributed by atoms with E-state index in [2.05, 4.69) is 32.2 Å². The molecule has 0 aliphatic carbocycles. The minimum atomic E-state index is 0.0869. The van der Waals surface area contributed by atoms with Gasteiger partial charge in [0.1, 0.15) is 0 Å². The maximum atomic E-state index is 13.2. The third-order valence-corrected chi connectivity index (χ3v) is 5.64. The van der Waals surface area contributed by atoms with Crippen LogP contribution in [0.4, 0.5) is 5.69 Å². The van der Waals surface area contributed by atoms with Crippen LogP contribution in [-0.4, -0.2) is 32.1 Å². The Labute approximate surface area is 147 Å². The van der Waals surface area contributed by atoms with Crippen LogP contribution in [0.25, 0.3) is 0 Å². The lowest BCUT2D eigenvalue weighted by molar-refractivity contribution is -0.886. The van der Waals surface area contributed by atoms with Gasteiger partial charge >= 0.3 is 0 Å². The van der Waals surface area contributed by atoms with Gasteiger partial charge in [-0.15, -0.1) is 0 Å². The average Bonchev–Trinajstić information content (AvgIpc) is 2.88. The van der Waals surface area contributed by atoms with Gasteiger partial charge in [0.05, 0.1) is 32.1 Å². The molecule has 0 saturated carbocycles. The molecule has 1 saturated heterocycles. The van der Waals surface area contributed by atoms with Crippen LogP contribution in [0.5, 0.6) is 0 Å². The molecule has 24 heavy (non-hydrogen) atoms. The number of rotatable bonds is 1. The number of carbonyl (C=O) groups is 1. The predicted molar refractivity (Wildman–Crippen MR) is 97.2 cm³/mol. The summed E-state index contributed by atoms with van der Waals surface area (Å²) in [5.41, 5.74) is 4.39. The summed E-state index contributed by atoms with van der Waals surface area (Å²) in [6.07, 6.45) is 1.05. The second-order valence-electron chi connectivity index (χ2n) is 7.12. The van der Waals surface area contributed by atoms with Crippen molar-refractivity contribution in [2.75, 3.05) is 25.0 Å². The number of halogens is 1. The normalized spacial score (nSPS) is 25.3. The molecule has 1 fully saturated rings. The van der Waals surface area contributed by atoms with Crippen LogP contribution in [0.3, 0.4) is 0 Å². The molecule has 2 aromatic rings. The first-order valence-corrected chi connectivity index (χ1v) is 8.93. The van der Waals surface area contributed by atoms with Gasteiger partial charge < -0.3 is 9.80 Å². The van der Waals surface area contributed by atoms with E-state index in [0.29, 0.717) is 16.5 Å². The highest BCUT2D eigenvalue weighted by Gasteiger charge is 2.45. The Kier molecular flexibility index (Phi) is 3.86. The number of quaternary nitrogens is 1. The van der Waals surface area contributed by atoms with E-state index in [-0.39, 0.29) is 11.9 Å². The standard InChI is InChI=1S/C20H21ClN2O/c1-13-3-8-18-16(11-13)17-12-22(2)10-9-19(17)23(18)20(24)14-4-6-15(21)7-5-14/h3-8,11,17,19H,9-10,12H2,1-2H3/p+1/t17-,19+/m0/s1. The SMILES string of the molecule is Cc1ccc2c(c1)[C@@H]1C[NH+](C)CC[C@H]1N2C(=O)c1ccc(Cl)cc1. The van der Waals surface area contributed by atoms with Gasteiger partial charge in [0, 0.05) is 22.7 Å². The molecule has 124 valence electrons. The summed E-state index contributed by atoms with van der Waals surface area (Å²) in [7, 11) is 2.25. The summed E-state index contributed by atoms with van der Waals surface area (Å²) >= 11 is 5.97. The molecule has 1 amide bonds. The molecule has 0 aromatic heterocycles. The van der Waals surface area contributed by atoms with Crippen molar-refractivity contribution in [2.45, 2.75) is 25.3 Å². The van der Waals surface area contributed by atoms with Crippen molar-refractivity contribution in [1.29, 1.82) is 0 Å². The van der Waals surface area contributed by atoms with Gasteiger partial charge in [-0.3, -0.25) is 4.79 Å². The highest BCUT2D eigenvalue weighted by atomic mass is 35.5. The van der Waals surface area contributed by atoms with Crippen molar-refractivity contribution in [3.05, 3.63) is 64.2 Å². The monoisotopic (exact) mass is 341 g/mol. The zero-order valence-corrected chi connectivity index (χ0v) is 14.8. The lowest BCUT2D eigenvalue weighted by Gasteiger charge is -2.34. The summed E-state index contributed by atoms with van der Waals surface area (Å²) < 4.78 is 0. The van der Waals surface area contributed by atoms with Gasteiger partial charge in [-0.2, -0.15) is 0 Å². The number of benzene rings is 2. The number of piperidine rings is 1. The van der Waals surface area contributed by atoms with Gasteiger partial charge in [-0.1, -0.05) is 29.3 Å². The molecule has 0 radical (unpaired) electrons. The number of carbonyl (C=O) groups excluding carboxylic acids is 1. The fourth-order valence-corrected chi connectivity index (χ4v) is 4.32. The van der Waals surface area contributed by atoms with E-state index >= 15 is 0 Å². The Bertz CT molecular complexity index is 787. The van der Waals surface area contributed by atoms with Crippen LogP contribution in [-0.2, 0) is 0 Å². The van der Waals surface area contributed by atoms with E-state index in [0.717, 1.165) is 25.2 Å². The summed E-state index contributed by atoms with van der Waals surface area (Å²) in [6.45, 7) is 4.32. The average molecular weight is 342 g/mol. The number of likely N-dealkylation sites (tertiary alicyclic amines) is 1. The number of amides is 1. The molecule has 1 unspecified atom stereocenters. The molecule has 4 heteroatoms. The van der Waals surface area contributed by atoms with Crippen molar-refractivity contribution in [2.24, 2.45) is 0 Å². The molecule has 1 N–H and O–H groups in total. The molecular formula is C20H22ClN2O+. The van der Waals surface area contributed by atoms with Crippen LogP contribution in [0.1, 0.15) is 33.8 Å². The van der Waals surface area contributed by atoms with E-state index < -0.39 is 0 Å². The number of hydrogen-bond acceptors (Lipinski definition) is 1. The van der Waals surface area contributed by atoms with Crippen molar-refractivity contribution >= 4 is 23.2 Å². The lowest BCUT2D eigenvalue weighted by Crippen LogP contribution is -3.11. The maximum Gasteiger partial charge on any atom is 0.258 e. The van der Waals surface area contributed by atoms with Crippen molar-refractivity contribution in [3.63, 3.8) is 0 Å². The Balaban J connectivity index is 1.77. The number of fused-ring (bicyclic) bond motifs is 3. The van der Waals surface area contributed by atoms with Gasteiger partial charge in [0.2, 0.25) is 0 Å². The Morgan fingerprint density at radius 1 is 1.21 bits per heavy atom. The number of hydrogen-bond donors (Lipinski definition) is 1. The molecule has 2 heterocycles. The van der Waals surface area contributed by atoms with Gasteiger partial charge in [-0.05, 0) is 42.8 Å². The molecule has 3 atom stereocenters. The number of anilines is 1. The molecule has 4 rings (SSSR count). The molecular weight excluding hydrogens is 320 g/mol. The van der Waals surface area contributed by atoms with Crippen LogP contribution >= 0.6 is 11.6 Å². The van der Waals surface area contributed by atoms with Crippen LogP contribution in [0.15, 0.2) is 42.5 Å². The number of likely N-dealkylation sites (N-methyl/N-ethyl adjacent to an activating group) is 1. The molecule has 2 aliphatic rings. The van der Waals surface area contributed by atoms with Crippen LogP contribution < -0.4 is 9.80 Å². The molecule has 3 nitrogen and oxygen atoms in total. The highest BCUT2D eigenvalue weighted by molar-refractivity contribution is 6.30. The Morgan fingerprint density at radius 2 is 1.96 bits per heavy atom.